The van der Waals surface area contributed by atoms with E-state index in [1.165, 1.54) is 0 Å². The fourth-order valence-electron chi connectivity index (χ4n) is 1.67. The monoisotopic (exact) mass is 280 g/mol. The second-order valence-corrected chi connectivity index (χ2v) is 5.82. The smallest absolute Gasteiger partial charge is 0.161 e. The summed E-state index contributed by atoms with van der Waals surface area (Å²) in [7, 11) is 0. The molecule has 0 amide bonds. The lowest BCUT2D eigenvalue weighted by molar-refractivity contribution is 0.260. The van der Waals surface area contributed by atoms with Gasteiger partial charge in [0.2, 0.25) is 0 Å². The number of nitrogens with two attached hydrogens (primary N) is 1. The Bertz CT molecular complexity index is 375. The van der Waals surface area contributed by atoms with Crippen molar-refractivity contribution in [2.24, 2.45) is 5.73 Å². The molecule has 0 radical (unpaired) electrons. The van der Waals surface area contributed by atoms with Gasteiger partial charge in [-0.3, -0.25) is 0 Å². The van der Waals surface area contributed by atoms with Crippen LogP contribution in [-0.4, -0.2) is 31.8 Å². The third-order valence-corrected chi connectivity index (χ3v) is 2.69. The highest BCUT2D eigenvalue weighted by Crippen LogP contribution is 2.26. The van der Waals surface area contributed by atoms with Crippen LogP contribution in [0.1, 0.15) is 33.6 Å². The highest BCUT2D eigenvalue weighted by atomic mass is 16.5. The predicted molar refractivity (Wildman–Crippen MR) is 83.5 cm³/mol. The van der Waals surface area contributed by atoms with Gasteiger partial charge in [-0.25, -0.2) is 0 Å². The first-order valence-electron chi connectivity index (χ1n) is 7.32. The molecule has 0 bridgehead atoms. The second-order valence-electron chi connectivity index (χ2n) is 5.82. The summed E-state index contributed by atoms with van der Waals surface area (Å²) in [4.78, 5) is 0. The first-order chi connectivity index (χ1) is 9.53. The van der Waals surface area contributed by atoms with Gasteiger partial charge in [-0.2, -0.15) is 0 Å². The summed E-state index contributed by atoms with van der Waals surface area (Å²) < 4.78 is 11.5. The van der Waals surface area contributed by atoms with Crippen molar-refractivity contribution in [2.75, 3.05) is 26.3 Å². The molecule has 0 aliphatic rings. The van der Waals surface area contributed by atoms with E-state index < -0.39 is 0 Å². The molecule has 1 aromatic carbocycles. The van der Waals surface area contributed by atoms with Gasteiger partial charge in [0, 0.05) is 5.54 Å². The summed E-state index contributed by atoms with van der Waals surface area (Å²) in [5, 5.41) is 3.44. The Hall–Kier alpha value is -1.26. The SMILES string of the molecule is CC(C)(C)NCCCOc1ccccc1OCCCN. The second kappa shape index (κ2) is 8.82. The molecule has 1 rings (SSSR count). The number of hydrogen-bond donors (Lipinski definition) is 2. The summed E-state index contributed by atoms with van der Waals surface area (Å²) >= 11 is 0. The number of para-hydroxylation sites is 2. The summed E-state index contributed by atoms with van der Waals surface area (Å²) in [6.07, 6.45) is 1.82. The lowest BCUT2D eigenvalue weighted by Gasteiger charge is -2.20. The van der Waals surface area contributed by atoms with Crippen LogP contribution >= 0.6 is 0 Å². The van der Waals surface area contributed by atoms with Crippen molar-refractivity contribution in [1.82, 2.24) is 5.32 Å². The van der Waals surface area contributed by atoms with E-state index in [0.717, 1.165) is 30.9 Å². The van der Waals surface area contributed by atoms with E-state index in [0.29, 0.717) is 19.8 Å². The molecule has 0 saturated heterocycles. The molecule has 1 aromatic rings. The van der Waals surface area contributed by atoms with E-state index in [2.05, 4.69) is 26.1 Å². The summed E-state index contributed by atoms with van der Waals surface area (Å²) in [5.41, 5.74) is 5.62. The molecule has 0 saturated carbocycles. The lowest BCUT2D eigenvalue weighted by Crippen LogP contribution is -2.36. The molecule has 0 fully saturated rings. The minimum absolute atomic E-state index is 0.156. The van der Waals surface area contributed by atoms with Crippen LogP contribution in [0.25, 0.3) is 0 Å². The van der Waals surface area contributed by atoms with Gasteiger partial charge < -0.3 is 20.5 Å². The van der Waals surface area contributed by atoms with Gasteiger partial charge in [0.05, 0.1) is 13.2 Å². The Kier molecular flexibility index (Phi) is 7.41. The summed E-state index contributed by atoms with van der Waals surface area (Å²) in [6.45, 7) is 9.38. The molecule has 0 unspecified atom stereocenters. The molecule has 0 aliphatic carbocycles. The van der Waals surface area contributed by atoms with Crippen molar-refractivity contribution in [1.29, 1.82) is 0 Å². The molecule has 114 valence electrons. The highest BCUT2D eigenvalue weighted by Gasteiger charge is 2.08. The molecule has 4 heteroatoms. The van der Waals surface area contributed by atoms with Crippen LogP contribution < -0.4 is 20.5 Å². The number of hydrogen-bond acceptors (Lipinski definition) is 4. The van der Waals surface area contributed by atoms with Crippen LogP contribution in [0.2, 0.25) is 0 Å². The molecule has 0 spiro atoms. The minimum Gasteiger partial charge on any atom is -0.490 e. The third-order valence-electron chi connectivity index (χ3n) is 2.69. The number of ether oxygens (including phenoxy) is 2. The molecule has 20 heavy (non-hydrogen) atoms. The van der Waals surface area contributed by atoms with Gasteiger partial charge in [-0.05, 0) is 58.8 Å². The number of rotatable bonds is 9. The van der Waals surface area contributed by atoms with Crippen LogP contribution in [0.3, 0.4) is 0 Å². The Morgan fingerprint density at radius 1 is 1.00 bits per heavy atom. The maximum Gasteiger partial charge on any atom is 0.161 e. The van der Waals surface area contributed by atoms with Gasteiger partial charge in [0.1, 0.15) is 0 Å². The highest BCUT2D eigenvalue weighted by molar-refractivity contribution is 5.39. The molecule has 0 aromatic heterocycles. The Balaban J connectivity index is 2.32. The maximum atomic E-state index is 5.79. The lowest BCUT2D eigenvalue weighted by atomic mass is 10.1. The quantitative estimate of drug-likeness (QED) is 0.683. The normalized spacial score (nSPS) is 11.4. The standard InChI is InChI=1S/C16H28N2O2/c1-16(2,3)18-11-7-13-20-15-9-5-4-8-14(15)19-12-6-10-17/h4-5,8-9,18H,6-7,10-13,17H2,1-3H3. The fraction of sp³-hybridized carbons (Fsp3) is 0.625. The fourth-order valence-corrected chi connectivity index (χ4v) is 1.67. The van der Waals surface area contributed by atoms with Crippen LogP contribution in [0.15, 0.2) is 24.3 Å². The molecule has 0 aliphatic heterocycles. The largest absolute Gasteiger partial charge is 0.490 e. The van der Waals surface area contributed by atoms with E-state index in [1.807, 2.05) is 24.3 Å². The predicted octanol–water partition coefficient (Wildman–Crippen LogP) is 2.57. The topological polar surface area (TPSA) is 56.5 Å². The van der Waals surface area contributed by atoms with Gasteiger partial charge in [0.15, 0.2) is 11.5 Å². The molecular weight excluding hydrogens is 252 g/mol. The van der Waals surface area contributed by atoms with Gasteiger partial charge >= 0.3 is 0 Å². The molecule has 0 heterocycles. The van der Waals surface area contributed by atoms with Crippen molar-refractivity contribution < 1.29 is 9.47 Å². The zero-order valence-corrected chi connectivity index (χ0v) is 12.9. The van der Waals surface area contributed by atoms with E-state index in [-0.39, 0.29) is 5.54 Å². The molecule has 4 nitrogen and oxygen atoms in total. The van der Waals surface area contributed by atoms with E-state index in [9.17, 15) is 0 Å². The molecular formula is C16H28N2O2. The first kappa shape index (κ1) is 16.8. The zero-order chi connectivity index (χ0) is 14.8. The van der Waals surface area contributed by atoms with Crippen LogP contribution in [0, 0.1) is 0 Å². The third kappa shape index (κ3) is 7.36. The van der Waals surface area contributed by atoms with Crippen LogP contribution in [-0.2, 0) is 0 Å². The van der Waals surface area contributed by atoms with Gasteiger partial charge in [-0.1, -0.05) is 12.1 Å². The van der Waals surface area contributed by atoms with E-state index in [4.69, 9.17) is 15.2 Å². The van der Waals surface area contributed by atoms with Crippen molar-refractivity contribution in [3.63, 3.8) is 0 Å². The number of benzene rings is 1. The van der Waals surface area contributed by atoms with Gasteiger partial charge in [-0.15, -0.1) is 0 Å². The van der Waals surface area contributed by atoms with Crippen molar-refractivity contribution >= 4 is 0 Å². The summed E-state index contributed by atoms with van der Waals surface area (Å²) in [6, 6.07) is 7.78. The zero-order valence-electron chi connectivity index (χ0n) is 12.9. The average Bonchev–Trinajstić information content (AvgIpc) is 2.39. The molecule has 0 atom stereocenters. The molecule has 3 N–H and O–H groups in total. The van der Waals surface area contributed by atoms with Crippen molar-refractivity contribution in [3.05, 3.63) is 24.3 Å². The first-order valence-corrected chi connectivity index (χ1v) is 7.32. The van der Waals surface area contributed by atoms with E-state index >= 15 is 0 Å². The average molecular weight is 280 g/mol. The summed E-state index contributed by atoms with van der Waals surface area (Å²) in [5.74, 6) is 1.60. The Morgan fingerprint density at radius 3 is 2.05 bits per heavy atom. The van der Waals surface area contributed by atoms with Crippen LogP contribution in [0.4, 0.5) is 0 Å². The van der Waals surface area contributed by atoms with Crippen molar-refractivity contribution in [2.45, 2.75) is 39.2 Å². The number of nitrogens with one attached hydrogen (secondary N) is 1. The van der Waals surface area contributed by atoms with E-state index in [1.54, 1.807) is 0 Å². The minimum atomic E-state index is 0.156. The Morgan fingerprint density at radius 2 is 1.55 bits per heavy atom. The van der Waals surface area contributed by atoms with Crippen molar-refractivity contribution in [3.8, 4) is 11.5 Å². The maximum absolute atomic E-state index is 5.79. The van der Waals surface area contributed by atoms with Crippen LogP contribution in [0.5, 0.6) is 11.5 Å². The van der Waals surface area contributed by atoms with Gasteiger partial charge in [0.25, 0.3) is 0 Å². The Labute approximate surface area is 122 Å².